The molecule has 0 unspecified atom stereocenters. The zero-order chi connectivity index (χ0) is 11.3. The van der Waals surface area contributed by atoms with Gasteiger partial charge in [0.05, 0.1) is 13.7 Å². The number of hydrogen-bond acceptors (Lipinski definition) is 2. The van der Waals surface area contributed by atoms with E-state index in [0.29, 0.717) is 6.54 Å². The average Bonchev–Trinajstić information content (AvgIpc) is 2.20. The Balaban J connectivity index is 2.54. The molecule has 0 radical (unpaired) electrons. The van der Waals surface area contributed by atoms with Crippen LogP contribution < -0.4 is 10.1 Å². The standard InChI is InChI=1S/C11H15F2NO/c1-8-3-4-9(5-10(8)15-2)6-14-7-11(12)13/h3-5,11,14H,6-7H2,1-2H3. The van der Waals surface area contributed by atoms with Gasteiger partial charge in [0.2, 0.25) is 0 Å². The first-order valence-corrected chi connectivity index (χ1v) is 4.76. The molecule has 0 spiro atoms. The first-order chi connectivity index (χ1) is 7.13. The van der Waals surface area contributed by atoms with Crippen molar-refractivity contribution in [3.63, 3.8) is 0 Å². The number of ether oxygens (including phenoxy) is 1. The zero-order valence-corrected chi connectivity index (χ0v) is 8.89. The van der Waals surface area contributed by atoms with Crippen molar-refractivity contribution in [3.8, 4) is 5.75 Å². The van der Waals surface area contributed by atoms with Crippen molar-refractivity contribution in [3.05, 3.63) is 29.3 Å². The van der Waals surface area contributed by atoms with Crippen LogP contribution in [-0.4, -0.2) is 20.1 Å². The summed E-state index contributed by atoms with van der Waals surface area (Å²) < 4.78 is 28.9. The second-order valence-corrected chi connectivity index (χ2v) is 3.33. The Labute approximate surface area is 88.3 Å². The van der Waals surface area contributed by atoms with Crippen LogP contribution in [-0.2, 0) is 6.54 Å². The van der Waals surface area contributed by atoms with Gasteiger partial charge in [-0.1, -0.05) is 12.1 Å². The summed E-state index contributed by atoms with van der Waals surface area (Å²) in [6, 6.07) is 5.67. The van der Waals surface area contributed by atoms with Crippen LogP contribution in [0.1, 0.15) is 11.1 Å². The molecule has 0 aromatic heterocycles. The lowest BCUT2D eigenvalue weighted by Gasteiger charge is -2.08. The van der Waals surface area contributed by atoms with Crippen LogP contribution in [0.5, 0.6) is 5.75 Å². The van der Waals surface area contributed by atoms with Gasteiger partial charge in [0.25, 0.3) is 6.43 Å². The van der Waals surface area contributed by atoms with Crippen LogP contribution in [0.2, 0.25) is 0 Å². The summed E-state index contributed by atoms with van der Waals surface area (Å²) in [7, 11) is 1.60. The number of halogens is 2. The van der Waals surface area contributed by atoms with E-state index in [-0.39, 0.29) is 6.54 Å². The molecule has 1 aromatic rings. The Morgan fingerprint density at radius 1 is 1.40 bits per heavy atom. The van der Waals surface area contributed by atoms with Gasteiger partial charge in [0, 0.05) is 6.54 Å². The monoisotopic (exact) mass is 215 g/mol. The molecule has 0 saturated heterocycles. The first-order valence-electron chi connectivity index (χ1n) is 4.76. The van der Waals surface area contributed by atoms with Crippen LogP contribution in [0.4, 0.5) is 8.78 Å². The van der Waals surface area contributed by atoms with Crippen LogP contribution in [0.25, 0.3) is 0 Å². The Morgan fingerprint density at radius 3 is 2.73 bits per heavy atom. The summed E-state index contributed by atoms with van der Waals surface area (Å²) in [6.45, 7) is 2.09. The highest BCUT2D eigenvalue weighted by Crippen LogP contribution is 2.18. The molecular formula is C11H15F2NO. The molecule has 0 atom stereocenters. The molecule has 0 fully saturated rings. The third-order valence-electron chi connectivity index (χ3n) is 2.10. The molecule has 0 heterocycles. The van der Waals surface area contributed by atoms with E-state index in [4.69, 9.17) is 4.74 Å². The van der Waals surface area contributed by atoms with Crippen LogP contribution in [0.15, 0.2) is 18.2 Å². The van der Waals surface area contributed by atoms with Gasteiger partial charge in [-0.15, -0.1) is 0 Å². The van der Waals surface area contributed by atoms with E-state index in [1.165, 1.54) is 0 Å². The Morgan fingerprint density at radius 2 is 2.13 bits per heavy atom. The molecule has 0 bridgehead atoms. The van der Waals surface area contributed by atoms with Crippen molar-refractivity contribution >= 4 is 0 Å². The van der Waals surface area contributed by atoms with Crippen molar-refractivity contribution < 1.29 is 13.5 Å². The number of nitrogens with one attached hydrogen (secondary N) is 1. The van der Waals surface area contributed by atoms with Gasteiger partial charge in [-0.2, -0.15) is 0 Å². The molecule has 15 heavy (non-hydrogen) atoms. The van der Waals surface area contributed by atoms with Crippen molar-refractivity contribution in [2.24, 2.45) is 0 Å². The maximum atomic E-state index is 11.9. The van der Waals surface area contributed by atoms with E-state index in [1.54, 1.807) is 7.11 Å². The lowest BCUT2D eigenvalue weighted by atomic mass is 10.1. The molecule has 0 aliphatic rings. The lowest BCUT2D eigenvalue weighted by molar-refractivity contribution is 0.145. The van der Waals surface area contributed by atoms with Crippen molar-refractivity contribution in [2.75, 3.05) is 13.7 Å². The van der Waals surface area contributed by atoms with Gasteiger partial charge in [-0.25, -0.2) is 8.78 Å². The molecule has 4 heteroatoms. The molecule has 84 valence electrons. The molecule has 1 rings (SSSR count). The van der Waals surface area contributed by atoms with E-state index in [2.05, 4.69) is 5.32 Å². The molecule has 1 N–H and O–H groups in total. The van der Waals surface area contributed by atoms with E-state index in [1.807, 2.05) is 25.1 Å². The Kier molecular flexibility index (Phi) is 4.49. The fourth-order valence-corrected chi connectivity index (χ4v) is 1.30. The SMILES string of the molecule is COc1cc(CNCC(F)F)ccc1C. The van der Waals surface area contributed by atoms with Gasteiger partial charge in [0.15, 0.2) is 0 Å². The molecule has 0 aliphatic carbocycles. The van der Waals surface area contributed by atoms with Gasteiger partial charge in [-0.05, 0) is 24.1 Å². The highest BCUT2D eigenvalue weighted by atomic mass is 19.3. The largest absolute Gasteiger partial charge is 0.496 e. The van der Waals surface area contributed by atoms with E-state index in [0.717, 1.165) is 16.9 Å². The number of rotatable bonds is 5. The summed E-state index contributed by atoms with van der Waals surface area (Å²) in [5.74, 6) is 0.784. The summed E-state index contributed by atoms with van der Waals surface area (Å²) in [5, 5.41) is 2.67. The molecule has 0 aliphatic heterocycles. The topological polar surface area (TPSA) is 21.3 Å². The normalized spacial score (nSPS) is 10.7. The van der Waals surface area contributed by atoms with Gasteiger partial charge in [-0.3, -0.25) is 0 Å². The van der Waals surface area contributed by atoms with Gasteiger partial charge < -0.3 is 10.1 Å². The molecule has 0 amide bonds. The van der Waals surface area contributed by atoms with Crippen LogP contribution >= 0.6 is 0 Å². The fraction of sp³-hybridized carbons (Fsp3) is 0.455. The van der Waals surface area contributed by atoms with Crippen molar-refractivity contribution in [2.45, 2.75) is 19.9 Å². The molecule has 0 saturated carbocycles. The number of hydrogen-bond donors (Lipinski definition) is 1. The van der Waals surface area contributed by atoms with Crippen LogP contribution in [0, 0.1) is 6.92 Å². The van der Waals surface area contributed by atoms with Gasteiger partial charge >= 0.3 is 0 Å². The van der Waals surface area contributed by atoms with E-state index >= 15 is 0 Å². The van der Waals surface area contributed by atoms with Crippen LogP contribution in [0.3, 0.4) is 0 Å². The van der Waals surface area contributed by atoms with E-state index in [9.17, 15) is 8.78 Å². The summed E-state index contributed by atoms with van der Waals surface area (Å²) in [4.78, 5) is 0. The Bertz CT molecular complexity index is 315. The molecular weight excluding hydrogens is 200 g/mol. The quantitative estimate of drug-likeness (QED) is 0.814. The average molecular weight is 215 g/mol. The fourth-order valence-electron chi connectivity index (χ4n) is 1.30. The molecule has 1 aromatic carbocycles. The van der Waals surface area contributed by atoms with Crippen molar-refractivity contribution in [1.29, 1.82) is 0 Å². The Hall–Kier alpha value is -1.16. The second-order valence-electron chi connectivity index (χ2n) is 3.33. The highest BCUT2D eigenvalue weighted by Gasteiger charge is 2.03. The smallest absolute Gasteiger partial charge is 0.250 e. The minimum absolute atomic E-state index is 0.282. The maximum Gasteiger partial charge on any atom is 0.250 e. The zero-order valence-electron chi connectivity index (χ0n) is 8.89. The van der Waals surface area contributed by atoms with E-state index < -0.39 is 6.43 Å². The summed E-state index contributed by atoms with van der Waals surface area (Å²) in [5.41, 5.74) is 1.98. The number of alkyl halides is 2. The molecule has 2 nitrogen and oxygen atoms in total. The maximum absolute atomic E-state index is 11.9. The predicted molar refractivity (Wildman–Crippen MR) is 55.4 cm³/mol. The number of methoxy groups -OCH3 is 1. The third-order valence-corrected chi connectivity index (χ3v) is 2.10. The minimum atomic E-state index is -2.31. The predicted octanol–water partition coefficient (Wildman–Crippen LogP) is 2.36. The summed E-state index contributed by atoms with van der Waals surface area (Å²) >= 11 is 0. The third kappa shape index (κ3) is 3.83. The lowest BCUT2D eigenvalue weighted by Crippen LogP contribution is -2.20. The van der Waals surface area contributed by atoms with Crippen molar-refractivity contribution in [1.82, 2.24) is 5.32 Å². The number of aryl methyl sites for hydroxylation is 1. The highest BCUT2D eigenvalue weighted by molar-refractivity contribution is 5.36. The number of benzene rings is 1. The second kappa shape index (κ2) is 5.66. The first kappa shape index (κ1) is 11.9. The minimum Gasteiger partial charge on any atom is -0.496 e. The summed E-state index contributed by atoms with van der Waals surface area (Å²) in [6.07, 6.45) is -2.31. The van der Waals surface area contributed by atoms with Gasteiger partial charge in [0.1, 0.15) is 5.75 Å².